The minimum atomic E-state index is -0.800. The van der Waals surface area contributed by atoms with Crippen molar-refractivity contribution in [3.8, 4) is 0 Å². The molecule has 0 unspecified atom stereocenters. The fourth-order valence-electron chi connectivity index (χ4n) is 3.38. The van der Waals surface area contributed by atoms with E-state index in [-0.39, 0.29) is 22.6 Å². The molecule has 3 rings (SSSR count). The number of anilines is 1. The Morgan fingerprint density at radius 3 is 2.45 bits per heavy atom. The van der Waals surface area contributed by atoms with Crippen molar-refractivity contribution in [2.24, 2.45) is 0 Å². The van der Waals surface area contributed by atoms with Gasteiger partial charge in [-0.25, -0.2) is 14.0 Å². The van der Waals surface area contributed by atoms with E-state index in [9.17, 15) is 24.1 Å². The van der Waals surface area contributed by atoms with Gasteiger partial charge >= 0.3 is 12.0 Å². The van der Waals surface area contributed by atoms with Crippen LogP contribution in [0.1, 0.15) is 18.5 Å². The Kier molecular flexibility index (Phi) is 5.31. The van der Waals surface area contributed by atoms with E-state index in [0.29, 0.717) is 5.56 Å². The molecule has 1 heterocycles. The molecule has 0 aromatic heterocycles. The summed E-state index contributed by atoms with van der Waals surface area (Å²) >= 11 is 0. The molecule has 2 aromatic carbocycles. The lowest BCUT2D eigenvalue weighted by Crippen LogP contribution is -2.49. The quantitative estimate of drug-likeness (QED) is 0.443. The molecule has 0 saturated carbocycles. The zero-order valence-electron chi connectivity index (χ0n) is 16.0. The van der Waals surface area contributed by atoms with Crippen LogP contribution in [0.5, 0.6) is 0 Å². The summed E-state index contributed by atoms with van der Waals surface area (Å²) in [6, 6.07) is 9.72. The molecule has 2 aromatic rings. The predicted molar refractivity (Wildman–Crippen MR) is 103 cm³/mol. The summed E-state index contributed by atoms with van der Waals surface area (Å²) in [5, 5.41) is 11.1. The SMILES string of the molecule is COC(=O)C1=C(C)N(c2cccc([N+](=O)[O-])c2)C(=O)N(C)[C@H]1c1ccc(F)cc1. The number of ether oxygens (including phenoxy) is 1. The van der Waals surface area contributed by atoms with Gasteiger partial charge in [0.25, 0.3) is 5.69 Å². The molecule has 150 valence electrons. The second-order valence-electron chi connectivity index (χ2n) is 6.45. The summed E-state index contributed by atoms with van der Waals surface area (Å²) in [6.07, 6.45) is 0. The zero-order chi connectivity index (χ0) is 21.3. The molecule has 1 aliphatic rings. The molecule has 1 aliphatic heterocycles. The zero-order valence-corrected chi connectivity index (χ0v) is 16.0. The van der Waals surface area contributed by atoms with Crippen LogP contribution >= 0.6 is 0 Å². The van der Waals surface area contributed by atoms with Gasteiger partial charge in [0, 0.05) is 24.9 Å². The van der Waals surface area contributed by atoms with Crippen LogP contribution < -0.4 is 4.90 Å². The van der Waals surface area contributed by atoms with Gasteiger partial charge in [0.15, 0.2) is 0 Å². The molecule has 0 N–H and O–H groups in total. The van der Waals surface area contributed by atoms with Gasteiger partial charge in [-0.1, -0.05) is 18.2 Å². The first kappa shape index (κ1) is 20.0. The van der Waals surface area contributed by atoms with Crippen molar-refractivity contribution in [2.75, 3.05) is 19.1 Å². The third kappa shape index (κ3) is 3.54. The summed E-state index contributed by atoms with van der Waals surface area (Å²) < 4.78 is 18.3. The van der Waals surface area contributed by atoms with Gasteiger partial charge < -0.3 is 9.64 Å². The third-order valence-corrected chi connectivity index (χ3v) is 4.77. The number of non-ortho nitro benzene ring substituents is 1. The first-order valence-electron chi connectivity index (χ1n) is 8.62. The molecule has 0 saturated heterocycles. The molecule has 8 nitrogen and oxygen atoms in total. The second kappa shape index (κ2) is 7.70. The lowest BCUT2D eigenvalue weighted by Gasteiger charge is -2.40. The minimum absolute atomic E-state index is 0.174. The summed E-state index contributed by atoms with van der Waals surface area (Å²) in [5.41, 5.74) is 1.03. The standard InChI is InChI=1S/C20H18FN3O5/c1-12-17(19(25)29-3)18(13-7-9-14(21)10-8-13)22(2)20(26)23(12)15-5-4-6-16(11-15)24(27)28/h4-11,18H,1-3H3/t18-/m0/s1. The number of hydrogen-bond donors (Lipinski definition) is 0. The van der Waals surface area contributed by atoms with E-state index >= 15 is 0 Å². The van der Waals surface area contributed by atoms with Crippen molar-refractivity contribution in [3.63, 3.8) is 0 Å². The lowest BCUT2D eigenvalue weighted by molar-refractivity contribution is -0.384. The summed E-state index contributed by atoms with van der Waals surface area (Å²) in [4.78, 5) is 38.8. The number of likely N-dealkylation sites (N-methyl/N-ethyl adjacent to an activating group) is 1. The molecule has 1 atom stereocenters. The molecule has 0 spiro atoms. The normalized spacial score (nSPS) is 16.8. The first-order valence-corrected chi connectivity index (χ1v) is 8.62. The molecule has 29 heavy (non-hydrogen) atoms. The maximum absolute atomic E-state index is 13.4. The largest absolute Gasteiger partial charge is 0.466 e. The average Bonchev–Trinajstić information content (AvgIpc) is 2.71. The lowest BCUT2D eigenvalue weighted by atomic mass is 9.93. The Labute approximate surface area is 165 Å². The number of nitro groups is 1. The van der Waals surface area contributed by atoms with Crippen molar-refractivity contribution in [1.29, 1.82) is 0 Å². The second-order valence-corrected chi connectivity index (χ2v) is 6.45. The number of methoxy groups -OCH3 is 1. The van der Waals surface area contributed by atoms with Crippen LogP contribution in [0.2, 0.25) is 0 Å². The number of carbonyl (C=O) groups excluding carboxylic acids is 2. The highest BCUT2D eigenvalue weighted by molar-refractivity contribution is 6.03. The Balaban J connectivity index is 2.20. The van der Waals surface area contributed by atoms with Crippen LogP contribution in [0.25, 0.3) is 0 Å². The van der Waals surface area contributed by atoms with Gasteiger partial charge in [-0.05, 0) is 30.7 Å². The van der Waals surface area contributed by atoms with Crippen molar-refractivity contribution in [3.05, 3.63) is 81.3 Å². The summed E-state index contributed by atoms with van der Waals surface area (Å²) in [7, 11) is 2.72. The van der Waals surface area contributed by atoms with Crippen LogP contribution in [0.4, 0.5) is 20.6 Å². The molecule has 0 fully saturated rings. The summed E-state index contributed by atoms with van der Waals surface area (Å²) in [5.74, 6) is -1.11. The molecule has 0 aliphatic carbocycles. The number of allylic oxidation sites excluding steroid dienone is 1. The number of hydrogen-bond acceptors (Lipinski definition) is 5. The number of rotatable bonds is 4. The van der Waals surface area contributed by atoms with Gasteiger partial charge in [-0.2, -0.15) is 0 Å². The molecule has 9 heteroatoms. The monoisotopic (exact) mass is 399 g/mol. The Bertz CT molecular complexity index is 1020. The van der Waals surface area contributed by atoms with Crippen LogP contribution in [0.3, 0.4) is 0 Å². The van der Waals surface area contributed by atoms with Gasteiger partial charge in [-0.15, -0.1) is 0 Å². The Morgan fingerprint density at radius 2 is 1.86 bits per heavy atom. The van der Waals surface area contributed by atoms with Crippen LogP contribution in [0.15, 0.2) is 59.8 Å². The van der Waals surface area contributed by atoms with E-state index < -0.39 is 28.8 Å². The van der Waals surface area contributed by atoms with E-state index in [0.717, 1.165) is 0 Å². The topological polar surface area (TPSA) is 93.0 Å². The number of benzene rings is 2. The Hall–Kier alpha value is -3.75. The van der Waals surface area contributed by atoms with E-state index in [1.165, 1.54) is 72.5 Å². The Morgan fingerprint density at radius 1 is 1.21 bits per heavy atom. The molecule has 2 amide bonds. The number of amides is 2. The third-order valence-electron chi connectivity index (χ3n) is 4.77. The highest BCUT2D eigenvalue weighted by Crippen LogP contribution is 2.39. The smallest absolute Gasteiger partial charge is 0.337 e. The molecular formula is C20H18FN3O5. The fourth-order valence-corrected chi connectivity index (χ4v) is 3.38. The number of esters is 1. The summed E-state index contributed by atoms with van der Waals surface area (Å²) in [6.45, 7) is 1.56. The van der Waals surface area contributed by atoms with Crippen molar-refractivity contribution >= 4 is 23.4 Å². The molecule has 0 radical (unpaired) electrons. The fraction of sp³-hybridized carbons (Fsp3) is 0.200. The number of urea groups is 1. The van der Waals surface area contributed by atoms with E-state index in [4.69, 9.17) is 4.74 Å². The van der Waals surface area contributed by atoms with Crippen molar-refractivity contribution < 1.29 is 23.6 Å². The van der Waals surface area contributed by atoms with E-state index in [1.807, 2.05) is 0 Å². The number of nitrogens with zero attached hydrogens (tertiary/aromatic N) is 3. The van der Waals surface area contributed by atoms with E-state index in [1.54, 1.807) is 6.92 Å². The highest BCUT2D eigenvalue weighted by Gasteiger charge is 2.41. The molecular weight excluding hydrogens is 381 g/mol. The maximum atomic E-state index is 13.4. The molecule has 0 bridgehead atoms. The van der Waals surface area contributed by atoms with Crippen molar-refractivity contribution in [1.82, 2.24) is 4.90 Å². The predicted octanol–water partition coefficient (Wildman–Crippen LogP) is 3.79. The van der Waals surface area contributed by atoms with Crippen molar-refractivity contribution in [2.45, 2.75) is 13.0 Å². The van der Waals surface area contributed by atoms with Gasteiger partial charge in [-0.3, -0.25) is 15.0 Å². The average molecular weight is 399 g/mol. The van der Waals surface area contributed by atoms with Gasteiger partial charge in [0.1, 0.15) is 5.82 Å². The van der Waals surface area contributed by atoms with Crippen LogP contribution in [0, 0.1) is 15.9 Å². The minimum Gasteiger partial charge on any atom is -0.466 e. The van der Waals surface area contributed by atoms with Crippen LogP contribution in [-0.4, -0.2) is 36.0 Å². The highest BCUT2D eigenvalue weighted by atomic mass is 19.1. The van der Waals surface area contributed by atoms with E-state index in [2.05, 4.69) is 0 Å². The maximum Gasteiger partial charge on any atom is 0.337 e. The van der Waals surface area contributed by atoms with Crippen LogP contribution in [-0.2, 0) is 9.53 Å². The van der Waals surface area contributed by atoms with Gasteiger partial charge in [0.2, 0.25) is 0 Å². The first-order chi connectivity index (χ1) is 13.8. The van der Waals surface area contributed by atoms with Gasteiger partial charge in [0.05, 0.1) is 29.3 Å². The number of nitro benzene ring substituents is 1. The number of carbonyl (C=O) groups is 2. The number of halogens is 1.